The number of nitrogens with zero attached hydrogens (tertiary/aromatic N) is 2. The Bertz CT molecular complexity index is 154. The normalized spacial score (nSPS) is 31.0. The third kappa shape index (κ3) is 1.73. The molecule has 0 bridgehead atoms. The molecule has 0 spiro atoms. The Kier molecular flexibility index (Phi) is 2.53. The maximum atomic E-state index is 3.90. The van der Waals surface area contributed by atoms with Crippen molar-refractivity contribution in [3.8, 4) is 0 Å². The van der Waals surface area contributed by atoms with Gasteiger partial charge in [0.2, 0.25) is 0 Å². The number of hydrazine groups is 1. The molecule has 2 unspecified atom stereocenters. The summed E-state index contributed by atoms with van der Waals surface area (Å²) in [5.41, 5.74) is 0. The van der Waals surface area contributed by atoms with Crippen LogP contribution in [0.3, 0.4) is 0 Å². The summed E-state index contributed by atoms with van der Waals surface area (Å²) in [5, 5.41) is 2.34. The first kappa shape index (κ1) is 8.57. The average Bonchev–Trinajstić information content (AvgIpc) is 2.30. The molecule has 1 aliphatic rings. The number of rotatable bonds is 2. The number of hydrogen-bond donors (Lipinski definition) is 0. The van der Waals surface area contributed by atoms with E-state index in [2.05, 4.69) is 25.6 Å². The SMILES string of the molecule is C=[N+](C)N1CC(CC)CC1C. The van der Waals surface area contributed by atoms with Gasteiger partial charge in [-0.05, 0) is 19.3 Å². The summed E-state index contributed by atoms with van der Waals surface area (Å²) in [6.45, 7) is 9.63. The van der Waals surface area contributed by atoms with E-state index in [0.717, 1.165) is 5.92 Å². The van der Waals surface area contributed by atoms with Gasteiger partial charge in [0.1, 0.15) is 0 Å². The van der Waals surface area contributed by atoms with Gasteiger partial charge in [-0.2, -0.15) is 5.01 Å². The molecule has 0 aliphatic carbocycles. The van der Waals surface area contributed by atoms with E-state index in [-0.39, 0.29) is 0 Å². The summed E-state index contributed by atoms with van der Waals surface area (Å²) in [4.78, 5) is 0. The Labute approximate surface area is 69.5 Å². The zero-order valence-electron chi connectivity index (χ0n) is 7.88. The molecule has 64 valence electrons. The molecular weight excluding hydrogens is 136 g/mol. The Hall–Kier alpha value is -0.530. The van der Waals surface area contributed by atoms with Crippen LogP contribution in [0.2, 0.25) is 0 Å². The Morgan fingerprint density at radius 2 is 2.27 bits per heavy atom. The van der Waals surface area contributed by atoms with Gasteiger partial charge in [-0.25, -0.2) is 0 Å². The lowest BCUT2D eigenvalue weighted by atomic mass is 10.0. The van der Waals surface area contributed by atoms with E-state index >= 15 is 0 Å². The Morgan fingerprint density at radius 3 is 2.55 bits per heavy atom. The molecule has 1 saturated heterocycles. The highest BCUT2D eigenvalue weighted by Crippen LogP contribution is 2.24. The van der Waals surface area contributed by atoms with Gasteiger partial charge in [0, 0.05) is 0 Å². The summed E-state index contributed by atoms with van der Waals surface area (Å²) >= 11 is 0. The molecule has 2 nitrogen and oxygen atoms in total. The van der Waals surface area contributed by atoms with Gasteiger partial charge in [-0.15, -0.1) is 4.68 Å². The van der Waals surface area contributed by atoms with Gasteiger partial charge in [-0.1, -0.05) is 13.3 Å². The van der Waals surface area contributed by atoms with E-state index in [1.54, 1.807) is 0 Å². The van der Waals surface area contributed by atoms with Gasteiger partial charge in [0.15, 0.2) is 13.8 Å². The van der Waals surface area contributed by atoms with E-state index in [1.807, 2.05) is 11.7 Å². The minimum absolute atomic E-state index is 0.683. The second kappa shape index (κ2) is 3.24. The molecule has 1 rings (SSSR count). The average molecular weight is 155 g/mol. The molecular formula is C9H19N2+. The van der Waals surface area contributed by atoms with Crippen LogP contribution in [0.25, 0.3) is 0 Å². The van der Waals surface area contributed by atoms with E-state index < -0.39 is 0 Å². The highest BCUT2D eigenvalue weighted by molar-refractivity contribution is 5.13. The Morgan fingerprint density at radius 1 is 1.64 bits per heavy atom. The van der Waals surface area contributed by atoms with Gasteiger partial charge in [-0.3, -0.25) is 0 Å². The predicted molar refractivity (Wildman–Crippen MR) is 47.9 cm³/mol. The molecule has 2 heteroatoms. The first-order valence-corrected chi connectivity index (χ1v) is 4.46. The van der Waals surface area contributed by atoms with Crippen LogP contribution in [-0.4, -0.2) is 36.0 Å². The topological polar surface area (TPSA) is 6.25 Å². The molecule has 2 atom stereocenters. The maximum Gasteiger partial charge on any atom is 0.161 e. The van der Waals surface area contributed by atoms with Crippen molar-refractivity contribution in [1.82, 2.24) is 5.01 Å². The van der Waals surface area contributed by atoms with Crippen molar-refractivity contribution >= 4 is 6.72 Å². The largest absolute Gasteiger partial charge is 0.184 e. The zero-order chi connectivity index (χ0) is 8.43. The molecule has 0 aromatic rings. The maximum absolute atomic E-state index is 3.90. The summed E-state index contributed by atoms with van der Waals surface area (Å²) in [7, 11) is 2.02. The van der Waals surface area contributed by atoms with Gasteiger partial charge in [0.05, 0.1) is 12.6 Å². The smallest absolute Gasteiger partial charge is 0.161 e. The Balaban J connectivity index is 2.51. The lowest BCUT2D eigenvalue weighted by Gasteiger charge is -2.15. The van der Waals surface area contributed by atoms with E-state index in [0.29, 0.717) is 6.04 Å². The van der Waals surface area contributed by atoms with Crippen molar-refractivity contribution in [2.45, 2.75) is 32.7 Å². The van der Waals surface area contributed by atoms with Crippen LogP contribution in [0.5, 0.6) is 0 Å². The molecule has 0 N–H and O–H groups in total. The molecule has 0 aromatic carbocycles. The zero-order valence-corrected chi connectivity index (χ0v) is 7.88. The van der Waals surface area contributed by atoms with Crippen LogP contribution in [0.15, 0.2) is 0 Å². The minimum Gasteiger partial charge on any atom is -0.184 e. The van der Waals surface area contributed by atoms with E-state index in [9.17, 15) is 0 Å². The molecule has 11 heavy (non-hydrogen) atoms. The highest BCUT2D eigenvalue weighted by atomic mass is 15.6. The number of hydrogen-bond acceptors (Lipinski definition) is 1. The number of hydrazone groups is 1. The highest BCUT2D eigenvalue weighted by Gasteiger charge is 2.31. The summed E-state index contributed by atoms with van der Waals surface area (Å²) in [5.74, 6) is 0.884. The van der Waals surface area contributed by atoms with Gasteiger partial charge >= 0.3 is 0 Å². The molecule has 0 saturated carbocycles. The predicted octanol–water partition coefficient (Wildman–Crippen LogP) is 1.36. The van der Waals surface area contributed by atoms with Gasteiger partial charge < -0.3 is 0 Å². The van der Waals surface area contributed by atoms with Crippen LogP contribution in [0, 0.1) is 5.92 Å². The van der Waals surface area contributed by atoms with Crippen LogP contribution in [-0.2, 0) is 0 Å². The second-order valence-corrected chi connectivity index (χ2v) is 3.64. The van der Waals surface area contributed by atoms with Crippen molar-refractivity contribution in [1.29, 1.82) is 0 Å². The van der Waals surface area contributed by atoms with Crippen LogP contribution in [0.1, 0.15) is 26.7 Å². The van der Waals surface area contributed by atoms with Crippen LogP contribution < -0.4 is 0 Å². The lowest BCUT2D eigenvalue weighted by Crippen LogP contribution is -2.34. The standard InChI is InChI=1S/C9H19N2/c1-5-9-6-8(2)11(7-9)10(3)4/h8-9H,3,5-7H2,1-2,4H3/q+1. The summed E-state index contributed by atoms with van der Waals surface area (Å²) in [6.07, 6.45) is 2.63. The summed E-state index contributed by atoms with van der Waals surface area (Å²) in [6, 6.07) is 0.683. The molecule has 1 aliphatic heterocycles. The molecule has 0 amide bonds. The third-order valence-electron chi connectivity index (χ3n) is 2.64. The van der Waals surface area contributed by atoms with E-state index in [1.165, 1.54) is 19.4 Å². The third-order valence-corrected chi connectivity index (χ3v) is 2.64. The van der Waals surface area contributed by atoms with Crippen molar-refractivity contribution in [3.05, 3.63) is 0 Å². The summed E-state index contributed by atoms with van der Waals surface area (Å²) < 4.78 is 1.97. The molecule has 1 heterocycles. The van der Waals surface area contributed by atoms with Gasteiger partial charge in [0.25, 0.3) is 0 Å². The van der Waals surface area contributed by atoms with Crippen molar-refractivity contribution in [2.75, 3.05) is 13.6 Å². The van der Waals surface area contributed by atoms with Crippen molar-refractivity contribution < 1.29 is 4.68 Å². The molecule has 1 fully saturated rings. The minimum atomic E-state index is 0.683. The van der Waals surface area contributed by atoms with Crippen LogP contribution in [0.4, 0.5) is 0 Å². The first-order valence-electron chi connectivity index (χ1n) is 4.46. The fraction of sp³-hybridized carbons (Fsp3) is 0.889. The van der Waals surface area contributed by atoms with Crippen molar-refractivity contribution in [3.63, 3.8) is 0 Å². The first-order chi connectivity index (χ1) is 5.15. The fourth-order valence-electron chi connectivity index (χ4n) is 1.89. The molecule has 0 radical (unpaired) electrons. The quantitative estimate of drug-likeness (QED) is 0.431. The van der Waals surface area contributed by atoms with Crippen LogP contribution >= 0.6 is 0 Å². The van der Waals surface area contributed by atoms with Crippen molar-refractivity contribution in [2.24, 2.45) is 5.92 Å². The lowest BCUT2D eigenvalue weighted by molar-refractivity contribution is -0.665. The van der Waals surface area contributed by atoms with E-state index in [4.69, 9.17) is 0 Å². The molecule has 0 aromatic heterocycles. The fourth-order valence-corrected chi connectivity index (χ4v) is 1.89. The monoisotopic (exact) mass is 155 g/mol. The second-order valence-electron chi connectivity index (χ2n) is 3.64.